The van der Waals surface area contributed by atoms with E-state index >= 15 is 0 Å². The van der Waals surface area contributed by atoms with Gasteiger partial charge in [0.1, 0.15) is 17.3 Å². The number of furan rings is 1. The van der Waals surface area contributed by atoms with E-state index in [1.165, 1.54) is 12.1 Å². The number of hydrogen-bond acceptors (Lipinski definition) is 2. The van der Waals surface area contributed by atoms with Gasteiger partial charge in [-0.05, 0) is 50.2 Å². The number of halogens is 2. The second kappa shape index (κ2) is 6.91. The molecule has 1 N–H and O–H groups in total. The fourth-order valence-corrected chi connectivity index (χ4v) is 2.35. The molecule has 1 aromatic heterocycles. The minimum Gasteiger partial charge on any atom is -0.461 e. The van der Waals surface area contributed by atoms with Crippen molar-refractivity contribution in [2.24, 2.45) is 0 Å². The molecule has 1 aromatic carbocycles. The van der Waals surface area contributed by atoms with Crippen LogP contribution in [0.25, 0.3) is 11.3 Å². The first-order valence-electron chi connectivity index (χ1n) is 6.87. The van der Waals surface area contributed by atoms with E-state index in [9.17, 15) is 4.39 Å². The van der Waals surface area contributed by atoms with Crippen molar-refractivity contribution in [3.05, 3.63) is 46.9 Å². The van der Waals surface area contributed by atoms with E-state index in [1.54, 1.807) is 6.07 Å². The predicted molar refractivity (Wildman–Crippen MR) is 80.6 cm³/mol. The third-order valence-corrected chi connectivity index (χ3v) is 3.42. The third kappa shape index (κ3) is 3.84. The Bertz CT molecular complexity index is 567. The van der Waals surface area contributed by atoms with Crippen LogP contribution in [0.5, 0.6) is 0 Å². The molecular formula is C16H19ClFNO. The second-order valence-corrected chi connectivity index (χ2v) is 5.36. The normalized spacial score (nSPS) is 12.6. The van der Waals surface area contributed by atoms with Gasteiger partial charge in [-0.3, -0.25) is 0 Å². The lowest BCUT2D eigenvalue weighted by Crippen LogP contribution is -2.28. The summed E-state index contributed by atoms with van der Waals surface area (Å²) in [6, 6.07) is 8.50. The topological polar surface area (TPSA) is 25.2 Å². The number of hydrogen-bond donors (Lipinski definition) is 1. The highest BCUT2D eigenvalue weighted by Gasteiger charge is 2.11. The van der Waals surface area contributed by atoms with Crippen molar-refractivity contribution >= 4 is 11.6 Å². The molecule has 108 valence electrons. The highest BCUT2D eigenvalue weighted by atomic mass is 35.5. The molecule has 0 bridgehead atoms. The van der Waals surface area contributed by atoms with E-state index in [4.69, 9.17) is 16.0 Å². The molecule has 0 aliphatic heterocycles. The molecule has 2 rings (SSSR count). The van der Waals surface area contributed by atoms with Crippen LogP contribution in [-0.2, 0) is 6.42 Å². The lowest BCUT2D eigenvalue weighted by molar-refractivity contribution is 0.464. The van der Waals surface area contributed by atoms with Crippen molar-refractivity contribution < 1.29 is 8.81 Å². The number of rotatable bonds is 6. The highest BCUT2D eigenvalue weighted by Crippen LogP contribution is 2.30. The molecule has 20 heavy (non-hydrogen) atoms. The lowest BCUT2D eigenvalue weighted by Gasteiger charge is -2.11. The number of benzene rings is 1. The summed E-state index contributed by atoms with van der Waals surface area (Å²) in [5.41, 5.74) is 0.716. The zero-order valence-electron chi connectivity index (χ0n) is 11.7. The van der Waals surface area contributed by atoms with E-state index in [1.807, 2.05) is 12.1 Å². The summed E-state index contributed by atoms with van der Waals surface area (Å²) < 4.78 is 18.8. The summed E-state index contributed by atoms with van der Waals surface area (Å²) >= 11 is 6.04. The van der Waals surface area contributed by atoms with E-state index in [-0.39, 0.29) is 5.82 Å². The Balaban J connectivity index is 2.08. The van der Waals surface area contributed by atoms with Crippen molar-refractivity contribution in [2.45, 2.75) is 32.7 Å². The van der Waals surface area contributed by atoms with Crippen LogP contribution in [0, 0.1) is 5.82 Å². The molecule has 1 heterocycles. The smallest absolute Gasteiger partial charge is 0.135 e. The van der Waals surface area contributed by atoms with Crippen molar-refractivity contribution in [2.75, 3.05) is 6.54 Å². The van der Waals surface area contributed by atoms with Gasteiger partial charge in [0.05, 0.1) is 5.02 Å². The first-order valence-corrected chi connectivity index (χ1v) is 7.25. The van der Waals surface area contributed by atoms with Gasteiger partial charge in [0.2, 0.25) is 0 Å². The SMILES string of the molecule is CCCNC(C)Cc1ccc(-c2ccc(F)cc2Cl)o1. The quantitative estimate of drug-likeness (QED) is 0.838. The molecule has 2 aromatic rings. The Morgan fingerprint density at radius 2 is 2.10 bits per heavy atom. The lowest BCUT2D eigenvalue weighted by atomic mass is 10.1. The van der Waals surface area contributed by atoms with Crippen LogP contribution in [0.2, 0.25) is 5.02 Å². The minimum absolute atomic E-state index is 0.345. The van der Waals surface area contributed by atoms with Crippen molar-refractivity contribution in [1.29, 1.82) is 0 Å². The fraction of sp³-hybridized carbons (Fsp3) is 0.375. The monoisotopic (exact) mass is 295 g/mol. The Kier molecular flexibility index (Phi) is 5.21. The van der Waals surface area contributed by atoms with Crippen LogP contribution in [0.3, 0.4) is 0 Å². The van der Waals surface area contributed by atoms with Gasteiger partial charge in [-0.2, -0.15) is 0 Å². The molecule has 0 radical (unpaired) electrons. The standard InChI is InChI=1S/C16H19ClFNO/c1-3-8-19-11(2)9-13-5-7-16(20-13)14-6-4-12(18)10-15(14)17/h4-7,10-11,19H,3,8-9H2,1-2H3. The van der Waals surface area contributed by atoms with Crippen LogP contribution in [0.15, 0.2) is 34.7 Å². The maximum atomic E-state index is 13.0. The maximum Gasteiger partial charge on any atom is 0.135 e. The molecule has 0 amide bonds. The first kappa shape index (κ1) is 15.1. The van der Waals surface area contributed by atoms with Crippen molar-refractivity contribution in [1.82, 2.24) is 5.32 Å². The minimum atomic E-state index is -0.345. The molecule has 0 saturated carbocycles. The summed E-state index contributed by atoms with van der Waals surface area (Å²) in [6.45, 7) is 5.27. The van der Waals surface area contributed by atoms with E-state index in [0.717, 1.165) is 25.1 Å². The van der Waals surface area contributed by atoms with Crippen LogP contribution in [0.4, 0.5) is 4.39 Å². The fourth-order valence-electron chi connectivity index (χ4n) is 2.09. The molecule has 0 fully saturated rings. The van der Waals surface area contributed by atoms with Crippen molar-refractivity contribution in [3.63, 3.8) is 0 Å². The number of nitrogens with one attached hydrogen (secondary N) is 1. The molecule has 4 heteroatoms. The van der Waals surface area contributed by atoms with Gasteiger partial charge in [-0.25, -0.2) is 4.39 Å². The molecular weight excluding hydrogens is 277 g/mol. The molecule has 1 atom stereocenters. The van der Waals surface area contributed by atoms with Gasteiger partial charge in [-0.1, -0.05) is 18.5 Å². The van der Waals surface area contributed by atoms with Gasteiger partial charge < -0.3 is 9.73 Å². The van der Waals surface area contributed by atoms with Gasteiger partial charge in [0, 0.05) is 18.0 Å². The second-order valence-electron chi connectivity index (χ2n) is 4.95. The Morgan fingerprint density at radius 1 is 1.30 bits per heavy atom. The van der Waals surface area contributed by atoms with Crippen LogP contribution < -0.4 is 5.32 Å². The first-order chi connectivity index (χ1) is 9.60. The van der Waals surface area contributed by atoms with Gasteiger partial charge >= 0.3 is 0 Å². The van der Waals surface area contributed by atoms with Crippen LogP contribution >= 0.6 is 11.6 Å². The highest BCUT2D eigenvalue weighted by molar-refractivity contribution is 6.33. The molecule has 0 aliphatic rings. The van der Waals surface area contributed by atoms with Gasteiger partial charge in [0.25, 0.3) is 0 Å². The summed E-state index contributed by atoms with van der Waals surface area (Å²) in [5.74, 6) is 1.23. The van der Waals surface area contributed by atoms with E-state index in [0.29, 0.717) is 22.4 Å². The maximum absolute atomic E-state index is 13.0. The third-order valence-electron chi connectivity index (χ3n) is 3.11. The molecule has 0 saturated heterocycles. The average molecular weight is 296 g/mol. The summed E-state index contributed by atoms with van der Waals surface area (Å²) in [4.78, 5) is 0. The van der Waals surface area contributed by atoms with E-state index in [2.05, 4.69) is 19.2 Å². The Labute approximate surface area is 123 Å². The molecule has 2 nitrogen and oxygen atoms in total. The van der Waals surface area contributed by atoms with Crippen LogP contribution in [-0.4, -0.2) is 12.6 Å². The predicted octanol–water partition coefficient (Wildman–Crippen LogP) is 4.67. The Morgan fingerprint density at radius 3 is 2.80 bits per heavy atom. The summed E-state index contributed by atoms with van der Waals surface area (Å²) in [7, 11) is 0. The van der Waals surface area contributed by atoms with Gasteiger partial charge in [0.15, 0.2) is 0 Å². The molecule has 0 spiro atoms. The largest absolute Gasteiger partial charge is 0.461 e. The average Bonchev–Trinajstić information content (AvgIpc) is 2.84. The molecule has 1 unspecified atom stereocenters. The van der Waals surface area contributed by atoms with E-state index < -0.39 is 0 Å². The Hall–Kier alpha value is -1.32. The van der Waals surface area contributed by atoms with Crippen molar-refractivity contribution in [3.8, 4) is 11.3 Å². The van der Waals surface area contributed by atoms with Crippen LogP contribution in [0.1, 0.15) is 26.0 Å². The zero-order chi connectivity index (χ0) is 14.5. The zero-order valence-corrected chi connectivity index (χ0v) is 12.5. The summed E-state index contributed by atoms with van der Waals surface area (Å²) in [5, 5.41) is 3.78. The summed E-state index contributed by atoms with van der Waals surface area (Å²) in [6.07, 6.45) is 1.93. The molecule has 0 aliphatic carbocycles. The van der Waals surface area contributed by atoms with Gasteiger partial charge in [-0.15, -0.1) is 0 Å².